The molecule has 0 fully saturated rings. The Morgan fingerprint density at radius 3 is 1.33 bits per heavy atom. The number of rotatable bonds is 16. The Labute approximate surface area is 203 Å². The highest BCUT2D eigenvalue weighted by molar-refractivity contribution is 5.88. The maximum absolute atomic E-state index is 2.36. The highest BCUT2D eigenvalue weighted by Gasteiger charge is 2.06. The average molecular weight is 443 g/mol. The molecule has 0 amide bonds. The van der Waals surface area contributed by atoms with Crippen molar-refractivity contribution >= 4 is 10.8 Å². The molecule has 0 bridgehead atoms. The molecule has 0 saturated carbocycles. The van der Waals surface area contributed by atoms with Crippen molar-refractivity contribution in [3.63, 3.8) is 0 Å². The summed E-state index contributed by atoms with van der Waals surface area (Å²) in [6.45, 7) is 4.57. The van der Waals surface area contributed by atoms with Crippen molar-refractivity contribution in [2.24, 2.45) is 0 Å². The zero-order valence-electron chi connectivity index (χ0n) is 21.4. The molecule has 0 aliphatic heterocycles. The van der Waals surface area contributed by atoms with E-state index in [4.69, 9.17) is 0 Å². The molecule has 0 unspecified atom stereocenters. The van der Waals surface area contributed by atoms with Crippen LogP contribution < -0.4 is 0 Å². The van der Waals surface area contributed by atoms with Crippen LogP contribution in [-0.2, 0) is 25.7 Å². The van der Waals surface area contributed by atoms with Gasteiger partial charge in [-0.3, -0.25) is 0 Å². The molecule has 0 atom stereocenters. The molecule has 3 rings (SSSR count). The predicted octanol–water partition coefficient (Wildman–Crippen LogP) is 10.0. The van der Waals surface area contributed by atoms with Crippen molar-refractivity contribution in [2.45, 2.75) is 110 Å². The van der Waals surface area contributed by atoms with E-state index in [0.29, 0.717) is 0 Å². The van der Waals surface area contributed by atoms with E-state index in [-0.39, 0.29) is 0 Å². The zero-order valence-corrected chi connectivity index (χ0v) is 21.4. The fourth-order valence-corrected chi connectivity index (χ4v) is 5.08. The number of fused-ring (bicyclic) bond motifs is 1. The minimum atomic E-state index is 1.16. The first-order chi connectivity index (χ1) is 16.3. The Bertz CT molecular complexity index is 918. The van der Waals surface area contributed by atoms with Crippen LogP contribution in [0, 0.1) is 0 Å². The van der Waals surface area contributed by atoms with Gasteiger partial charge < -0.3 is 0 Å². The molecule has 0 nitrogen and oxygen atoms in total. The molecule has 178 valence electrons. The first kappa shape index (κ1) is 25.5. The van der Waals surface area contributed by atoms with Gasteiger partial charge in [-0.05, 0) is 78.0 Å². The normalized spacial score (nSPS) is 11.3. The van der Waals surface area contributed by atoms with E-state index in [0.717, 1.165) is 6.42 Å². The average Bonchev–Trinajstić information content (AvgIpc) is 2.85. The molecule has 0 aliphatic carbocycles. The van der Waals surface area contributed by atoms with Crippen LogP contribution in [0.4, 0.5) is 0 Å². The number of hydrogen-bond acceptors (Lipinski definition) is 0. The van der Waals surface area contributed by atoms with Gasteiger partial charge in [0.25, 0.3) is 0 Å². The Morgan fingerprint density at radius 1 is 0.394 bits per heavy atom. The standard InChI is InChI=1S/C33H46/c1-3-5-7-9-11-16-28-24-26-29(27-25-28)17-13-19-31-21-15-22-32-30(20-14-23-33(31)32)18-12-10-8-6-4-2/h14-15,20-27H,3-13,16-19H2,1-2H3. The summed E-state index contributed by atoms with van der Waals surface area (Å²) in [5, 5.41) is 2.95. The van der Waals surface area contributed by atoms with Crippen LogP contribution >= 0.6 is 0 Å². The highest BCUT2D eigenvalue weighted by atomic mass is 14.1. The number of hydrogen-bond donors (Lipinski definition) is 0. The van der Waals surface area contributed by atoms with Crippen molar-refractivity contribution in [3.05, 3.63) is 82.9 Å². The Kier molecular flexibility index (Phi) is 11.6. The van der Waals surface area contributed by atoms with E-state index >= 15 is 0 Å². The molecule has 0 saturated heterocycles. The van der Waals surface area contributed by atoms with Crippen LogP contribution in [0.3, 0.4) is 0 Å². The summed E-state index contributed by atoms with van der Waals surface area (Å²) in [6, 6.07) is 23.3. The molecular weight excluding hydrogens is 396 g/mol. The molecule has 3 aromatic rings. The fourth-order valence-electron chi connectivity index (χ4n) is 5.08. The lowest BCUT2D eigenvalue weighted by molar-refractivity contribution is 0.632. The number of aryl methyl sites for hydroxylation is 4. The van der Waals surface area contributed by atoms with Gasteiger partial charge in [-0.25, -0.2) is 0 Å². The van der Waals surface area contributed by atoms with Crippen LogP contribution in [0.25, 0.3) is 10.8 Å². The van der Waals surface area contributed by atoms with Crippen molar-refractivity contribution < 1.29 is 0 Å². The van der Waals surface area contributed by atoms with E-state index in [9.17, 15) is 0 Å². The lowest BCUT2D eigenvalue weighted by atomic mass is 9.94. The first-order valence-electron chi connectivity index (χ1n) is 13.9. The monoisotopic (exact) mass is 442 g/mol. The van der Waals surface area contributed by atoms with E-state index < -0.39 is 0 Å². The number of benzene rings is 3. The lowest BCUT2D eigenvalue weighted by Gasteiger charge is -2.11. The Morgan fingerprint density at radius 2 is 0.818 bits per heavy atom. The largest absolute Gasteiger partial charge is 0.0654 e. The quantitative estimate of drug-likeness (QED) is 0.194. The maximum atomic E-state index is 2.36. The molecule has 0 radical (unpaired) electrons. The van der Waals surface area contributed by atoms with Crippen LogP contribution in [0.15, 0.2) is 60.7 Å². The Hall–Kier alpha value is -2.08. The third-order valence-corrected chi connectivity index (χ3v) is 7.16. The minimum absolute atomic E-state index is 1.16. The highest BCUT2D eigenvalue weighted by Crippen LogP contribution is 2.25. The van der Waals surface area contributed by atoms with Crippen molar-refractivity contribution in [1.82, 2.24) is 0 Å². The van der Waals surface area contributed by atoms with Crippen molar-refractivity contribution in [1.29, 1.82) is 0 Å². The van der Waals surface area contributed by atoms with Gasteiger partial charge >= 0.3 is 0 Å². The van der Waals surface area contributed by atoms with E-state index in [1.165, 1.54) is 123 Å². The minimum Gasteiger partial charge on any atom is -0.0654 e. The third kappa shape index (κ3) is 8.65. The third-order valence-electron chi connectivity index (χ3n) is 7.16. The molecule has 0 heterocycles. The predicted molar refractivity (Wildman–Crippen MR) is 147 cm³/mol. The SMILES string of the molecule is CCCCCCCc1ccc(CCCc2cccc3c(CCCCCCC)cccc23)cc1. The summed E-state index contributed by atoms with van der Waals surface area (Å²) in [7, 11) is 0. The molecule has 3 aromatic carbocycles. The van der Waals surface area contributed by atoms with Gasteiger partial charge in [0.05, 0.1) is 0 Å². The molecule has 0 aliphatic rings. The van der Waals surface area contributed by atoms with Crippen molar-refractivity contribution in [2.75, 3.05) is 0 Å². The van der Waals surface area contributed by atoms with Crippen LogP contribution in [0.2, 0.25) is 0 Å². The summed E-state index contributed by atoms with van der Waals surface area (Å²) in [5.74, 6) is 0. The van der Waals surface area contributed by atoms with Gasteiger partial charge in [0.2, 0.25) is 0 Å². The lowest BCUT2D eigenvalue weighted by Crippen LogP contribution is -1.94. The first-order valence-corrected chi connectivity index (χ1v) is 13.9. The number of unbranched alkanes of at least 4 members (excludes halogenated alkanes) is 8. The smallest absolute Gasteiger partial charge is 0.0149 e. The van der Waals surface area contributed by atoms with E-state index in [1.54, 1.807) is 0 Å². The summed E-state index contributed by atoms with van der Waals surface area (Å²) in [4.78, 5) is 0. The zero-order chi connectivity index (χ0) is 23.1. The maximum Gasteiger partial charge on any atom is -0.0149 e. The summed E-state index contributed by atoms with van der Waals surface area (Å²) >= 11 is 0. The van der Waals surface area contributed by atoms with E-state index in [1.807, 2.05) is 0 Å². The molecule has 33 heavy (non-hydrogen) atoms. The van der Waals surface area contributed by atoms with Crippen LogP contribution in [0.1, 0.15) is 107 Å². The Balaban J connectivity index is 1.49. The molecule has 0 N–H and O–H groups in total. The molecule has 0 heteroatoms. The van der Waals surface area contributed by atoms with Crippen LogP contribution in [0.5, 0.6) is 0 Å². The molecule has 0 aromatic heterocycles. The van der Waals surface area contributed by atoms with Gasteiger partial charge in [-0.2, -0.15) is 0 Å². The molecular formula is C33H46. The molecule has 0 spiro atoms. The second-order valence-electron chi connectivity index (χ2n) is 9.93. The van der Waals surface area contributed by atoms with Gasteiger partial charge in [0.1, 0.15) is 0 Å². The van der Waals surface area contributed by atoms with E-state index in [2.05, 4.69) is 74.5 Å². The fraction of sp³-hybridized carbons (Fsp3) is 0.515. The van der Waals surface area contributed by atoms with Gasteiger partial charge in [-0.1, -0.05) is 126 Å². The van der Waals surface area contributed by atoms with Gasteiger partial charge in [0.15, 0.2) is 0 Å². The van der Waals surface area contributed by atoms with Crippen molar-refractivity contribution in [3.8, 4) is 0 Å². The second-order valence-corrected chi connectivity index (χ2v) is 9.93. The summed E-state index contributed by atoms with van der Waals surface area (Å²) in [5.41, 5.74) is 6.05. The van der Waals surface area contributed by atoms with Gasteiger partial charge in [0, 0.05) is 0 Å². The second kappa shape index (κ2) is 14.9. The topological polar surface area (TPSA) is 0 Å². The van der Waals surface area contributed by atoms with Gasteiger partial charge in [-0.15, -0.1) is 0 Å². The summed E-state index contributed by atoms with van der Waals surface area (Å²) in [6.07, 6.45) is 19.6. The summed E-state index contributed by atoms with van der Waals surface area (Å²) < 4.78 is 0. The van der Waals surface area contributed by atoms with Crippen LogP contribution in [-0.4, -0.2) is 0 Å².